The summed E-state index contributed by atoms with van der Waals surface area (Å²) in [5, 5.41) is 12.4. The Balaban J connectivity index is 2.20. The first kappa shape index (κ1) is 13.1. The minimum atomic E-state index is -0.358. The Morgan fingerprint density at radius 3 is 2.33 bits per heavy atom. The van der Waals surface area contributed by atoms with Crippen LogP contribution < -0.4 is 5.32 Å². The Hall–Kier alpha value is -1.31. The first-order valence-corrected chi connectivity index (χ1v) is 6.95. The van der Waals surface area contributed by atoms with E-state index in [1.54, 1.807) is 0 Å². The van der Waals surface area contributed by atoms with Gasteiger partial charge >= 0.3 is 0 Å². The molecule has 0 fully saturated rings. The van der Waals surface area contributed by atoms with Crippen molar-refractivity contribution in [2.24, 2.45) is 0 Å². The third kappa shape index (κ3) is 3.34. The maximum atomic E-state index is 9.25. The maximum absolute atomic E-state index is 9.25. The predicted octanol–water partition coefficient (Wildman–Crippen LogP) is 4.89. The third-order valence-corrected chi connectivity index (χ3v) is 3.49. The van der Waals surface area contributed by atoms with Gasteiger partial charge in [0.05, 0.1) is 6.07 Å². The van der Waals surface area contributed by atoms with E-state index < -0.39 is 0 Å². The van der Waals surface area contributed by atoms with E-state index >= 15 is 0 Å². The molecule has 0 saturated carbocycles. The number of halogens is 2. The van der Waals surface area contributed by atoms with Crippen LogP contribution >= 0.6 is 31.9 Å². The van der Waals surface area contributed by atoms with E-state index in [1.165, 1.54) is 0 Å². The average Bonchev–Trinajstić information content (AvgIpc) is 2.38. The first-order chi connectivity index (χ1) is 8.69. The zero-order valence-electron chi connectivity index (χ0n) is 9.40. The quantitative estimate of drug-likeness (QED) is 0.840. The van der Waals surface area contributed by atoms with E-state index in [4.69, 9.17) is 0 Å². The number of nitrogens with one attached hydrogen (secondary N) is 1. The fourth-order valence-electron chi connectivity index (χ4n) is 1.59. The van der Waals surface area contributed by atoms with Crippen molar-refractivity contribution in [1.82, 2.24) is 0 Å². The van der Waals surface area contributed by atoms with Gasteiger partial charge in [0.2, 0.25) is 0 Å². The molecule has 0 aliphatic carbocycles. The Labute approximate surface area is 123 Å². The van der Waals surface area contributed by atoms with Gasteiger partial charge in [-0.05, 0) is 42.0 Å². The second-order valence-electron chi connectivity index (χ2n) is 3.77. The normalized spacial score (nSPS) is 11.6. The minimum absolute atomic E-state index is 0.358. The topological polar surface area (TPSA) is 35.8 Å². The van der Waals surface area contributed by atoms with Crippen LogP contribution in [0.5, 0.6) is 0 Å². The van der Waals surface area contributed by atoms with Crippen LogP contribution in [0.2, 0.25) is 0 Å². The molecular formula is C14H10Br2N2. The predicted molar refractivity (Wildman–Crippen MR) is 80.3 cm³/mol. The molecule has 0 bridgehead atoms. The van der Waals surface area contributed by atoms with Crippen LogP contribution in [0.25, 0.3) is 0 Å². The molecule has 0 radical (unpaired) electrons. The average molecular weight is 366 g/mol. The zero-order chi connectivity index (χ0) is 13.0. The van der Waals surface area contributed by atoms with Gasteiger partial charge in [0.1, 0.15) is 6.04 Å². The van der Waals surface area contributed by atoms with E-state index in [9.17, 15) is 5.26 Å². The lowest BCUT2D eigenvalue weighted by molar-refractivity contribution is 0.996. The van der Waals surface area contributed by atoms with Crippen LogP contribution in [0.15, 0.2) is 57.5 Å². The number of hydrogen-bond donors (Lipinski definition) is 1. The molecule has 2 aromatic rings. The summed E-state index contributed by atoms with van der Waals surface area (Å²) in [6.45, 7) is 0. The molecule has 0 saturated heterocycles. The molecule has 0 spiro atoms. The Morgan fingerprint density at radius 2 is 1.72 bits per heavy atom. The summed E-state index contributed by atoms with van der Waals surface area (Å²) in [5.74, 6) is 0. The zero-order valence-corrected chi connectivity index (χ0v) is 12.6. The van der Waals surface area contributed by atoms with E-state index in [2.05, 4.69) is 43.2 Å². The van der Waals surface area contributed by atoms with Crippen LogP contribution in [0.4, 0.5) is 5.69 Å². The Kier molecular flexibility index (Phi) is 4.40. The molecule has 1 unspecified atom stereocenters. The highest BCUT2D eigenvalue weighted by molar-refractivity contribution is 9.10. The van der Waals surface area contributed by atoms with Crippen molar-refractivity contribution in [3.63, 3.8) is 0 Å². The van der Waals surface area contributed by atoms with Gasteiger partial charge in [0, 0.05) is 14.6 Å². The monoisotopic (exact) mass is 364 g/mol. The van der Waals surface area contributed by atoms with Gasteiger partial charge in [-0.3, -0.25) is 0 Å². The molecule has 0 aliphatic heterocycles. The van der Waals surface area contributed by atoms with Gasteiger partial charge in [0.25, 0.3) is 0 Å². The molecule has 4 heteroatoms. The molecule has 2 nitrogen and oxygen atoms in total. The van der Waals surface area contributed by atoms with Crippen LogP contribution in [0.3, 0.4) is 0 Å². The molecule has 0 aliphatic rings. The van der Waals surface area contributed by atoms with Crippen molar-refractivity contribution in [2.45, 2.75) is 6.04 Å². The van der Waals surface area contributed by atoms with Gasteiger partial charge in [-0.15, -0.1) is 0 Å². The number of rotatable bonds is 3. The second kappa shape index (κ2) is 6.03. The second-order valence-corrected chi connectivity index (χ2v) is 5.60. The molecule has 0 amide bonds. The molecule has 1 atom stereocenters. The summed E-state index contributed by atoms with van der Waals surface area (Å²) >= 11 is 6.80. The minimum Gasteiger partial charge on any atom is -0.366 e. The van der Waals surface area contributed by atoms with Gasteiger partial charge in [-0.25, -0.2) is 0 Å². The van der Waals surface area contributed by atoms with Crippen molar-refractivity contribution >= 4 is 37.5 Å². The van der Waals surface area contributed by atoms with Crippen molar-refractivity contribution in [1.29, 1.82) is 5.26 Å². The highest BCUT2D eigenvalue weighted by atomic mass is 79.9. The Bertz CT molecular complexity index is 573. The largest absolute Gasteiger partial charge is 0.366 e. The highest BCUT2D eigenvalue weighted by Gasteiger charge is 2.10. The first-order valence-electron chi connectivity index (χ1n) is 5.36. The molecule has 2 rings (SSSR count). The number of anilines is 1. The van der Waals surface area contributed by atoms with Crippen LogP contribution in [-0.2, 0) is 0 Å². The van der Waals surface area contributed by atoms with Crippen LogP contribution in [0, 0.1) is 11.3 Å². The summed E-state index contributed by atoms with van der Waals surface area (Å²) in [6, 6.07) is 17.4. The number of hydrogen-bond acceptors (Lipinski definition) is 2. The van der Waals surface area contributed by atoms with Crippen LogP contribution in [-0.4, -0.2) is 0 Å². The van der Waals surface area contributed by atoms with Gasteiger partial charge < -0.3 is 5.32 Å². The molecule has 90 valence electrons. The van der Waals surface area contributed by atoms with Gasteiger partial charge in [-0.2, -0.15) is 5.26 Å². The van der Waals surface area contributed by atoms with Crippen molar-refractivity contribution in [2.75, 3.05) is 5.32 Å². The Morgan fingerprint density at radius 1 is 1.00 bits per heavy atom. The lowest BCUT2D eigenvalue weighted by atomic mass is 10.1. The fraction of sp³-hybridized carbons (Fsp3) is 0.0714. The molecule has 0 heterocycles. The van der Waals surface area contributed by atoms with Crippen molar-refractivity contribution in [3.05, 3.63) is 63.0 Å². The summed E-state index contributed by atoms with van der Waals surface area (Å²) in [7, 11) is 0. The highest BCUT2D eigenvalue weighted by Crippen LogP contribution is 2.23. The van der Waals surface area contributed by atoms with Crippen molar-refractivity contribution in [3.8, 4) is 6.07 Å². The van der Waals surface area contributed by atoms with E-state index in [1.807, 2.05) is 48.5 Å². The molecule has 18 heavy (non-hydrogen) atoms. The third-order valence-electron chi connectivity index (χ3n) is 2.47. The molecule has 1 N–H and O–H groups in total. The molecular weight excluding hydrogens is 356 g/mol. The summed E-state index contributed by atoms with van der Waals surface area (Å²) in [4.78, 5) is 0. The maximum Gasteiger partial charge on any atom is 0.140 e. The van der Waals surface area contributed by atoms with E-state index in [-0.39, 0.29) is 6.04 Å². The molecule has 2 aromatic carbocycles. The van der Waals surface area contributed by atoms with Crippen LogP contribution in [0.1, 0.15) is 11.6 Å². The lowest BCUT2D eigenvalue weighted by Crippen LogP contribution is -2.08. The van der Waals surface area contributed by atoms with Gasteiger partial charge in [-0.1, -0.05) is 44.0 Å². The number of benzene rings is 2. The SMILES string of the molecule is N#CC(Nc1ccc(Br)cc1)c1cccc(Br)c1. The van der Waals surface area contributed by atoms with E-state index in [0.717, 1.165) is 20.2 Å². The van der Waals surface area contributed by atoms with E-state index in [0.29, 0.717) is 0 Å². The summed E-state index contributed by atoms with van der Waals surface area (Å²) in [6.07, 6.45) is 0. The van der Waals surface area contributed by atoms with Gasteiger partial charge in [0.15, 0.2) is 0 Å². The number of nitriles is 1. The number of nitrogens with zero attached hydrogens (tertiary/aromatic N) is 1. The standard InChI is InChI=1S/C14H10Br2N2/c15-11-4-6-13(7-5-11)18-14(9-17)10-2-1-3-12(16)8-10/h1-8,14,18H. The molecule has 0 aromatic heterocycles. The summed E-state index contributed by atoms with van der Waals surface area (Å²) < 4.78 is 1.99. The smallest absolute Gasteiger partial charge is 0.140 e. The fourth-order valence-corrected chi connectivity index (χ4v) is 2.27. The lowest BCUT2D eigenvalue weighted by Gasteiger charge is -2.13. The summed E-state index contributed by atoms with van der Waals surface area (Å²) in [5.41, 5.74) is 1.86. The van der Waals surface area contributed by atoms with Crippen molar-refractivity contribution < 1.29 is 0 Å².